The highest BCUT2D eigenvalue weighted by Gasteiger charge is 2.26. The molecule has 0 saturated heterocycles. The van der Waals surface area contributed by atoms with E-state index in [1.807, 2.05) is 0 Å². The quantitative estimate of drug-likeness (QED) is 0.718. The van der Waals surface area contributed by atoms with Gasteiger partial charge in [-0.15, -0.1) is 0 Å². The van der Waals surface area contributed by atoms with Crippen molar-refractivity contribution in [3.8, 4) is 0 Å². The van der Waals surface area contributed by atoms with E-state index in [1.54, 1.807) is 0 Å². The first-order valence-corrected chi connectivity index (χ1v) is 7.05. The van der Waals surface area contributed by atoms with Gasteiger partial charge >= 0.3 is 0 Å². The minimum Gasteiger partial charge on any atom is -0.312 e. The van der Waals surface area contributed by atoms with Crippen molar-refractivity contribution in [2.24, 2.45) is 5.92 Å². The van der Waals surface area contributed by atoms with E-state index in [4.69, 9.17) is 0 Å². The lowest BCUT2D eigenvalue weighted by Gasteiger charge is -2.26. The van der Waals surface area contributed by atoms with Gasteiger partial charge in [-0.3, -0.25) is 0 Å². The predicted molar refractivity (Wildman–Crippen MR) is 71.8 cm³/mol. The molecule has 1 fully saturated rings. The van der Waals surface area contributed by atoms with Crippen molar-refractivity contribution >= 4 is 0 Å². The molecule has 1 rings (SSSR count). The monoisotopic (exact) mass is 226 g/mol. The van der Waals surface area contributed by atoms with Crippen LogP contribution in [0.25, 0.3) is 0 Å². The highest BCUT2D eigenvalue weighted by Crippen LogP contribution is 2.29. The molecule has 1 aliphatic carbocycles. The standard InChI is InChI=1S/C14H30N2/c1-5-6-8-13-9-7-10-14(13)15-11-12(2)16(3)4/h12-15H,5-11H2,1-4H3. The molecule has 0 bridgehead atoms. The van der Waals surface area contributed by atoms with Crippen LogP contribution in [0.5, 0.6) is 0 Å². The van der Waals surface area contributed by atoms with E-state index in [2.05, 4.69) is 38.2 Å². The third kappa shape index (κ3) is 4.42. The molecule has 0 spiro atoms. The second-order valence-electron chi connectivity index (χ2n) is 5.66. The summed E-state index contributed by atoms with van der Waals surface area (Å²) in [7, 11) is 4.32. The average Bonchev–Trinajstić information content (AvgIpc) is 2.70. The molecule has 0 radical (unpaired) electrons. The minimum absolute atomic E-state index is 0.646. The van der Waals surface area contributed by atoms with E-state index in [0.717, 1.165) is 18.5 Å². The molecule has 2 nitrogen and oxygen atoms in total. The van der Waals surface area contributed by atoms with Crippen LogP contribution in [0.15, 0.2) is 0 Å². The van der Waals surface area contributed by atoms with Crippen LogP contribution in [0.1, 0.15) is 52.4 Å². The van der Waals surface area contributed by atoms with Crippen molar-refractivity contribution < 1.29 is 0 Å². The van der Waals surface area contributed by atoms with E-state index in [-0.39, 0.29) is 0 Å². The number of hydrogen-bond acceptors (Lipinski definition) is 2. The lowest BCUT2D eigenvalue weighted by Crippen LogP contribution is -2.41. The number of nitrogens with zero attached hydrogens (tertiary/aromatic N) is 1. The Bertz CT molecular complexity index is 180. The molecule has 1 aliphatic rings. The van der Waals surface area contributed by atoms with Gasteiger partial charge in [-0.05, 0) is 46.2 Å². The Balaban J connectivity index is 2.24. The van der Waals surface area contributed by atoms with E-state index in [9.17, 15) is 0 Å². The van der Waals surface area contributed by atoms with Crippen LogP contribution in [0.4, 0.5) is 0 Å². The van der Waals surface area contributed by atoms with Gasteiger partial charge in [-0.25, -0.2) is 0 Å². The van der Waals surface area contributed by atoms with Crippen molar-refractivity contribution in [2.45, 2.75) is 64.5 Å². The van der Waals surface area contributed by atoms with Crippen molar-refractivity contribution in [1.29, 1.82) is 0 Å². The van der Waals surface area contributed by atoms with Gasteiger partial charge in [0.15, 0.2) is 0 Å². The van der Waals surface area contributed by atoms with Gasteiger partial charge in [0.05, 0.1) is 0 Å². The molecule has 3 atom stereocenters. The average molecular weight is 226 g/mol. The first-order chi connectivity index (χ1) is 7.65. The Morgan fingerprint density at radius 3 is 2.69 bits per heavy atom. The maximum atomic E-state index is 3.78. The number of unbranched alkanes of at least 4 members (excludes halogenated alkanes) is 1. The van der Waals surface area contributed by atoms with Crippen LogP contribution in [-0.2, 0) is 0 Å². The maximum Gasteiger partial charge on any atom is 0.0186 e. The Morgan fingerprint density at radius 1 is 1.31 bits per heavy atom. The Hall–Kier alpha value is -0.0800. The smallest absolute Gasteiger partial charge is 0.0186 e. The largest absolute Gasteiger partial charge is 0.312 e. The predicted octanol–water partition coefficient (Wildman–Crippen LogP) is 2.89. The molecule has 0 aromatic rings. The molecular weight excluding hydrogens is 196 g/mol. The Morgan fingerprint density at radius 2 is 2.06 bits per heavy atom. The van der Waals surface area contributed by atoms with Crippen LogP contribution in [0, 0.1) is 5.92 Å². The molecule has 16 heavy (non-hydrogen) atoms. The van der Waals surface area contributed by atoms with E-state index in [1.165, 1.54) is 38.5 Å². The maximum absolute atomic E-state index is 3.78. The van der Waals surface area contributed by atoms with Crippen LogP contribution in [0.2, 0.25) is 0 Å². The lowest BCUT2D eigenvalue weighted by molar-refractivity contribution is 0.276. The molecule has 0 aromatic heterocycles. The first-order valence-electron chi connectivity index (χ1n) is 7.05. The summed E-state index contributed by atoms with van der Waals surface area (Å²) < 4.78 is 0. The fourth-order valence-electron chi connectivity index (χ4n) is 2.62. The van der Waals surface area contributed by atoms with Gasteiger partial charge in [0, 0.05) is 18.6 Å². The Kier molecular flexibility index (Phi) is 6.37. The molecule has 0 heterocycles. The zero-order valence-electron chi connectivity index (χ0n) is 11.6. The van der Waals surface area contributed by atoms with Crippen LogP contribution >= 0.6 is 0 Å². The van der Waals surface area contributed by atoms with Crippen molar-refractivity contribution in [2.75, 3.05) is 20.6 Å². The van der Waals surface area contributed by atoms with E-state index < -0.39 is 0 Å². The normalized spacial score (nSPS) is 27.6. The third-order valence-corrected chi connectivity index (χ3v) is 4.14. The summed E-state index contributed by atoms with van der Waals surface area (Å²) in [6.07, 6.45) is 8.47. The summed E-state index contributed by atoms with van der Waals surface area (Å²) in [6, 6.07) is 1.45. The summed E-state index contributed by atoms with van der Waals surface area (Å²) in [6.45, 7) is 5.73. The number of hydrogen-bond donors (Lipinski definition) is 1. The van der Waals surface area contributed by atoms with Gasteiger partial charge < -0.3 is 10.2 Å². The van der Waals surface area contributed by atoms with Crippen LogP contribution < -0.4 is 5.32 Å². The fraction of sp³-hybridized carbons (Fsp3) is 1.00. The van der Waals surface area contributed by atoms with Crippen molar-refractivity contribution in [3.05, 3.63) is 0 Å². The molecule has 1 N–H and O–H groups in total. The second-order valence-corrected chi connectivity index (χ2v) is 5.66. The molecule has 1 saturated carbocycles. The Labute approximate surface area is 102 Å². The second kappa shape index (κ2) is 7.29. The summed E-state index contributed by atoms with van der Waals surface area (Å²) in [5.41, 5.74) is 0. The summed E-state index contributed by atoms with van der Waals surface area (Å²) in [5, 5.41) is 3.78. The minimum atomic E-state index is 0.646. The molecule has 0 aliphatic heterocycles. The summed E-state index contributed by atoms with van der Waals surface area (Å²) in [5.74, 6) is 0.953. The molecule has 3 unspecified atom stereocenters. The number of rotatable bonds is 7. The lowest BCUT2D eigenvalue weighted by atomic mass is 9.96. The van der Waals surface area contributed by atoms with Gasteiger partial charge in [-0.1, -0.05) is 26.2 Å². The molecule has 0 aromatic carbocycles. The molecule has 96 valence electrons. The highest BCUT2D eigenvalue weighted by atomic mass is 15.1. The van der Waals surface area contributed by atoms with E-state index >= 15 is 0 Å². The summed E-state index contributed by atoms with van der Waals surface area (Å²) in [4.78, 5) is 2.29. The van der Waals surface area contributed by atoms with Crippen LogP contribution in [-0.4, -0.2) is 37.6 Å². The van der Waals surface area contributed by atoms with Crippen molar-refractivity contribution in [3.63, 3.8) is 0 Å². The van der Waals surface area contributed by atoms with Gasteiger partial charge in [0.25, 0.3) is 0 Å². The topological polar surface area (TPSA) is 15.3 Å². The summed E-state index contributed by atoms with van der Waals surface area (Å²) >= 11 is 0. The van der Waals surface area contributed by atoms with Gasteiger partial charge in [0.2, 0.25) is 0 Å². The molecular formula is C14H30N2. The zero-order chi connectivity index (χ0) is 12.0. The number of likely N-dealkylation sites (N-methyl/N-ethyl adjacent to an activating group) is 1. The zero-order valence-corrected chi connectivity index (χ0v) is 11.6. The molecule has 2 heteroatoms. The third-order valence-electron chi connectivity index (χ3n) is 4.14. The molecule has 0 amide bonds. The van der Waals surface area contributed by atoms with Gasteiger partial charge in [0.1, 0.15) is 0 Å². The van der Waals surface area contributed by atoms with Gasteiger partial charge in [-0.2, -0.15) is 0 Å². The fourth-order valence-corrected chi connectivity index (χ4v) is 2.62. The van der Waals surface area contributed by atoms with Crippen molar-refractivity contribution in [1.82, 2.24) is 10.2 Å². The van der Waals surface area contributed by atoms with Crippen LogP contribution in [0.3, 0.4) is 0 Å². The first kappa shape index (κ1) is 14.0. The SMILES string of the molecule is CCCCC1CCCC1NCC(C)N(C)C. The highest BCUT2D eigenvalue weighted by molar-refractivity contribution is 4.84. The van der Waals surface area contributed by atoms with E-state index in [0.29, 0.717) is 6.04 Å². The number of nitrogens with one attached hydrogen (secondary N) is 1.